The van der Waals surface area contributed by atoms with Gasteiger partial charge in [0.2, 0.25) is 0 Å². The van der Waals surface area contributed by atoms with Crippen LogP contribution in [0.1, 0.15) is 86.5 Å². The van der Waals surface area contributed by atoms with Crippen molar-refractivity contribution >= 4 is 11.8 Å². The molecule has 0 aromatic heterocycles. The van der Waals surface area contributed by atoms with Crippen molar-refractivity contribution in [2.45, 2.75) is 98.7 Å². The molecule has 0 radical (unpaired) electrons. The average molecular weight is 503 g/mol. The molecule has 0 saturated heterocycles. The highest BCUT2D eigenvalue weighted by Gasteiger charge is 2.72. The van der Waals surface area contributed by atoms with Crippen LogP contribution in [0, 0.1) is 56.7 Å². The highest BCUT2D eigenvalue weighted by Crippen LogP contribution is 2.75. The highest BCUT2D eigenvalue weighted by atomic mass is 16.4. The van der Waals surface area contributed by atoms with Gasteiger partial charge >= 0.3 is 5.97 Å². The SMILES string of the molecule is C[C@H]1[C@H](C)CC[C@]2(C(=O)O)CC[C@]3(C)C(=CC(=O)[C@@H]4[C@@]5(C)C[C@@H](O)[C@H](O)[C@@](C)(CO)[C@@H]5CC[C@]43C)[C@H]12. The van der Waals surface area contributed by atoms with Crippen LogP contribution >= 0.6 is 0 Å². The molecule has 12 atom stereocenters. The van der Waals surface area contributed by atoms with Gasteiger partial charge in [0.15, 0.2) is 5.78 Å². The molecule has 0 bridgehead atoms. The second kappa shape index (κ2) is 7.89. The zero-order chi connectivity index (χ0) is 26.6. The third-order valence-electron chi connectivity index (χ3n) is 13.2. The third-order valence-corrected chi connectivity index (χ3v) is 13.2. The minimum atomic E-state index is -1.03. The molecule has 0 unspecified atom stereocenters. The van der Waals surface area contributed by atoms with Gasteiger partial charge in [0.25, 0.3) is 0 Å². The molecule has 0 aromatic carbocycles. The molecule has 4 saturated carbocycles. The standard InChI is InChI=1S/C30H46O6/c1-16-7-10-30(25(35)36)12-11-28(5)18(22(30)17(16)2)13-19(32)23-26(3)14-20(33)24(34)27(4,15-31)21(26)8-9-29(23,28)6/h13,16-17,20-24,31,33-34H,7-12,14-15H2,1-6H3,(H,35,36)/t16-,17+,20-,21-,22+,23-,24+,26+,27+,28-,29-,30+/m1/s1. The van der Waals surface area contributed by atoms with Crippen LogP contribution in [0.15, 0.2) is 11.6 Å². The summed E-state index contributed by atoms with van der Waals surface area (Å²) in [6.45, 7) is 12.6. The topological polar surface area (TPSA) is 115 Å². The van der Waals surface area contributed by atoms with Crippen LogP contribution in [0.4, 0.5) is 0 Å². The number of fused-ring (bicyclic) bond motifs is 7. The van der Waals surface area contributed by atoms with Crippen molar-refractivity contribution in [3.05, 3.63) is 11.6 Å². The molecular weight excluding hydrogens is 456 g/mol. The number of rotatable bonds is 2. The molecule has 4 fully saturated rings. The number of carbonyl (C=O) groups is 2. The normalized spacial score (nSPS) is 56.5. The van der Waals surface area contributed by atoms with E-state index in [1.807, 2.05) is 13.0 Å². The van der Waals surface area contributed by atoms with Gasteiger partial charge in [0.1, 0.15) is 0 Å². The third kappa shape index (κ3) is 2.90. The fourth-order valence-electron chi connectivity index (χ4n) is 10.8. The molecular formula is C30H46O6. The largest absolute Gasteiger partial charge is 0.481 e. The molecule has 0 heterocycles. The van der Waals surface area contributed by atoms with Crippen LogP contribution in [0.5, 0.6) is 0 Å². The second-order valence-corrected chi connectivity index (χ2v) is 14.5. The molecule has 6 nitrogen and oxygen atoms in total. The fraction of sp³-hybridized carbons (Fsp3) is 0.867. The van der Waals surface area contributed by atoms with Gasteiger partial charge in [0, 0.05) is 11.3 Å². The minimum Gasteiger partial charge on any atom is -0.481 e. The van der Waals surface area contributed by atoms with E-state index < -0.39 is 34.4 Å². The Hall–Kier alpha value is -1.24. The molecule has 0 amide bonds. The Balaban J connectivity index is 1.67. The van der Waals surface area contributed by atoms with Crippen LogP contribution in [0.3, 0.4) is 0 Å². The van der Waals surface area contributed by atoms with E-state index in [9.17, 15) is 30.0 Å². The predicted molar refractivity (Wildman–Crippen MR) is 136 cm³/mol. The van der Waals surface area contributed by atoms with Crippen molar-refractivity contribution in [1.29, 1.82) is 0 Å². The molecule has 202 valence electrons. The Kier molecular flexibility index (Phi) is 5.78. The lowest BCUT2D eigenvalue weighted by Gasteiger charge is -2.70. The van der Waals surface area contributed by atoms with E-state index in [-0.39, 0.29) is 46.9 Å². The molecule has 0 aliphatic heterocycles. The Morgan fingerprint density at radius 2 is 1.69 bits per heavy atom. The number of carbonyl (C=O) groups excluding carboxylic acids is 1. The van der Waals surface area contributed by atoms with Gasteiger partial charge in [-0.2, -0.15) is 0 Å². The Morgan fingerprint density at radius 1 is 1.03 bits per heavy atom. The summed E-state index contributed by atoms with van der Waals surface area (Å²) in [5.74, 6) is -0.667. The maximum atomic E-state index is 14.3. The summed E-state index contributed by atoms with van der Waals surface area (Å²) >= 11 is 0. The molecule has 6 heteroatoms. The number of allylic oxidation sites excluding steroid dienone is 2. The van der Waals surface area contributed by atoms with Crippen molar-refractivity contribution in [2.75, 3.05) is 6.61 Å². The van der Waals surface area contributed by atoms with Crippen LogP contribution in [0.25, 0.3) is 0 Å². The molecule has 36 heavy (non-hydrogen) atoms. The Bertz CT molecular complexity index is 1010. The van der Waals surface area contributed by atoms with E-state index in [0.29, 0.717) is 25.2 Å². The number of hydrogen-bond donors (Lipinski definition) is 4. The smallest absolute Gasteiger partial charge is 0.310 e. The second-order valence-electron chi connectivity index (χ2n) is 14.5. The summed E-state index contributed by atoms with van der Waals surface area (Å²) in [7, 11) is 0. The van der Waals surface area contributed by atoms with E-state index in [4.69, 9.17) is 0 Å². The zero-order valence-corrected chi connectivity index (χ0v) is 22.9. The van der Waals surface area contributed by atoms with Gasteiger partial charge in [-0.25, -0.2) is 0 Å². The first-order chi connectivity index (χ1) is 16.6. The monoisotopic (exact) mass is 502 g/mol. The maximum absolute atomic E-state index is 14.3. The summed E-state index contributed by atoms with van der Waals surface area (Å²) in [6.07, 6.45) is 4.63. The fourth-order valence-corrected chi connectivity index (χ4v) is 10.8. The number of ketones is 1. The number of hydrogen-bond acceptors (Lipinski definition) is 5. The summed E-state index contributed by atoms with van der Waals surface area (Å²) in [5, 5.41) is 42.8. The molecule has 5 rings (SSSR count). The van der Waals surface area contributed by atoms with Crippen LogP contribution in [0.2, 0.25) is 0 Å². The van der Waals surface area contributed by atoms with Crippen LogP contribution < -0.4 is 0 Å². The van der Waals surface area contributed by atoms with Crippen molar-refractivity contribution in [3.63, 3.8) is 0 Å². The number of aliphatic hydroxyl groups excluding tert-OH is 3. The first-order valence-electron chi connectivity index (χ1n) is 14.1. The van der Waals surface area contributed by atoms with Crippen molar-refractivity contribution < 1.29 is 30.0 Å². The molecule has 0 aromatic rings. The zero-order valence-electron chi connectivity index (χ0n) is 22.9. The van der Waals surface area contributed by atoms with Gasteiger partial charge < -0.3 is 20.4 Å². The maximum Gasteiger partial charge on any atom is 0.310 e. The van der Waals surface area contributed by atoms with E-state index in [2.05, 4.69) is 34.6 Å². The molecule has 4 N–H and O–H groups in total. The quantitative estimate of drug-likeness (QED) is 0.450. The number of carboxylic acids is 1. The van der Waals surface area contributed by atoms with Crippen molar-refractivity contribution in [3.8, 4) is 0 Å². The summed E-state index contributed by atoms with van der Waals surface area (Å²) in [5.41, 5.74) is -1.89. The van der Waals surface area contributed by atoms with Gasteiger partial charge in [0.05, 0.1) is 24.2 Å². The van der Waals surface area contributed by atoms with Gasteiger partial charge in [-0.15, -0.1) is 0 Å². The van der Waals surface area contributed by atoms with E-state index in [0.717, 1.165) is 31.3 Å². The van der Waals surface area contributed by atoms with Crippen molar-refractivity contribution in [1.82, 2.24) is 0 Å². The first-order valence-corrected chi connectivity index (χ1v) is 14.1. The predicted octanol–water partition coefficient (Wildman–Crippen LogP) is 4.21. The highest BCUT2D eigenvalue weighted by molar-refractivity contribution is 5.96. The minimum absolute atomic E-state index is 0.0488. The average Bonchev–Trinajstić information content (AvgIpc) is 2.80. The Morgan fingerprint density at radius 3 is 2.31 bits per heavy atom. The Labute approximate surface area is 215 Å². The van der Waals surface area contributed by atoms with E-state index in [1.165, 1.54) is 0 Å². The van der Waals surface area contributed by atoms with Gasteiger partial charge in [-0.3, -0.25) is 9.59 Å². The summed E-state index contributed by atoms with van der Waals surface area (Å²) in [4.78, 5) is 27.1. The number of carboxylic acid groups (broad SMARTS) is 1. The van der Waals surface area contributed by atoms with Gasteiger partial charge in [-0.1, -0.05) is 47.1 Å². The van der Waals surface area contributed by atoms with Crippen LogP contribution in [-0.4, -0.2) is 51.0 Å². The number of aliphatic carboxylic acids is 1. The first kappa shape index (κ1) is 26.4. The lowest BCUT2D eigenvalue weighted by molar-refractivity contribution is -0.239. The van der Waals surface area contributed by atoms with Crippen molar-refractivity contribution in [2.24, 2.45) is 56.7 Å². The molecule has 5 aliphatic carbocycles. The summed E-state index contributed by atoms with van der Waals surface area (Å²) in [6, 6.07) is 0. The lowest BCUT2D eigenvalue weighted by atomic mass is 9.33. The van der Waals surface area contributed by atoms with Gasteiger partial charge in [-0.05, 0) is 90.9 Å². The molecule has 5 aliphatic rings. The number of aliphatic hydroxyl groups is 3. The lowest BCUT2D eigenvalue weighted by Crippen LogP contribution is -2.70. The molecule has 0 spiro atoms. The van der Waals surface area contributed by atoms with Crippen LogP contribution in [-0.2, 0) is 9.59 Å². The van der Waals surface area contributed by atoms with E-state index >= 15 is 0 Å². The van der Waals surface area contributed by atoms with E-state index in [1.54, 1.807) is 0 Å². The summed E-state index contributed by atoms with van der Waals surface area (Å²) < 4.78 is 0.